The maximum Gasteiger partial charge on any atom is 0.254 e. The second-order valence-electron chi connectivity index (χ2n) is 5.73. The molecule has 0 aliphatic carbocycles. The van der Waals surface area contributed by atoms with Crippen LogP contribution < -0.4 is 0 Å². The van der Waals surface area contributed by atoms with Gasteiger partial charge in [0.1, 0.15) is 5.82 Å². The lowest BCUT2D eigenvalue weighted by atomic mass is 10.1. The predicted octanol–water partition coefficient (Wildman–Crippen LogP) is 1.82. The van der Waals surface area contributed by atoms with Gasteiger partial charge in [0.25, 0.3) is 5.91 Å². The first-order valence-corrected chi connectivity index (χ1v) is 9.41. The van der Waals surface area contributed by atoms with E-state index in [1.807, 2.05) is 0 Å². The van der Waals surface area contributed by atoms with Gasteiger partial charge in [-0.2, -0.15) is 5.10 Å². The molecule has 1 aromatic heterocycles. The molecular formula is C15H15ClFN3O3S. The fraction of sp³-hybridized carbons (Fsp3) is 0.333. The highest BCUT2D eigenvalue weighted by Crippen LogP contribution is 2.28. The molecule has 1 saturated heterocycles. The second-order valence-corrected chi connectivity index (χ2v) is 8.40. The van der Waals surface area contributed by atoms with Crippen LogP contribution in [0.5, 0.6) is 0 Å². The van der Waals surface area contributed by atoms with Gasteiger partial charge in [-0.1, -0.05) is 11.6 Å². The van der Waals surface area contributed by atoms with Crippen molar-refractivity contribution >= 4 is 27.3 Å². The summed E-state index contributed by atoms with van der Waals surface area (Å²) < 4.78 is 39.1. The number of rotatable bonds is 2. The third-order valence-corrected chi connectivity index (χ3v) is 5.76. The molecule has 6 nitrogen and oxygen atoms in total. The van der Waals surface area contributed by atoms with E-state index in [4.69, 9.17) is 11.6 Å². The number of hydrogen-bond acceptors (Lipinski definition) is 4. The van der Waals surface area contributed by atoms with Crippen LogP contribution in [0.2, 0.25) is 5.02 Å². The lowest BCUT2D eigenvalue weighted by molar-refractivity contribution is 0.0697. The Morgan fingerprint density at radius 1 is 1.38 bits per heavy atom. The average molecular weight is 372 g/mol. The third-order valence-electron chi connectivity index (χ3n) is 3.91. The minimum absolute atomic E-state index is 0.0366. The molecule has 24 heavy (non-hydrogen) atoms. The van der Waals surface area contributed by atoms with E-state index in [0.717, 1.165) is 12.1 Å². The number of nitrogens with zero attached hydrogens (tertiary/aromatic N) is 3. The lowest BCUT2D eigenvalue weighted by Gasteiger charge is -2.35. The zero-order chi connectivity index (χ0) is 17.5. The van der Waals surface area contributed by atoms with Crippen molar-refractivity contribution in [1.29, 1.82) is 0 Å². The first-order chi connectivity index (χ1) is 11.2. The maximum atomic E-state index is 13.5. The molecule has 0 saturated carbocycles. The van der Waals surface area contributed by atoms with Gasteiger partial charge in [0.2, 0.25) is 0 Å². The monoisotopic (exact) mass is 371 g/mol. The summed E-state index contributed by atoms with van der Waals surface area (Å²) in [4.78, 5) is 14.2. The van der Waals surface area contributed by atoms with Crippen molar-refractivity contribution in [1.82, 2.24) is 14.7 Å². The van der Waals surface area contributed by atoms with Crippen LogP contribution in [-0.4, -0.2) is 47.1 Å². The maximum absolute atomic E-state index is 13.5. The SMILES string of the molecule is Cn1cc([C@@H]2CS(=O)(=O)CCN2C(=O)c2cc(F)cc(Cl)c2)cn1. The summed E-state index contributed by atoms with van der Waals surface area (Å²) >= 11 is 5.82. The van der Waals surface area contributed by atoms with Crippen molar-refractivity contribution in [2.24, 2.45) is 7.05 Å². The van der Waals surface area contributed by atoms with Crippen molar-refractivity contribution in [2.45, 2.75) is 6.04 Å². The Hall–Kier alpha value is -1.93. The summed E-state index contributed by atoms with van der Waals surface area (Å²) in [7, 11) is -1.56. The molecule has 1 amide bonds. The number of aryl methyl sites for hydroxylation is 1. The Bertz CT molecular complexity index is 877. The van der Waals surface area contributed by atoms with Gasteiger partial charge in [-0.05, 0) is 18.2 Å². The van der Waals surface area contributed by atoms with Crippen molar-refractivity contribution in [3.8, 4) is 0 Å². The fourth-order valence-corrected chi connectivity index (χ4v) is 4.50. The van der Waals surface area contributed by atoms with Crippen LogP contribution in [0.4, 0.5) is 4.39 Å². The molecule has 3 rings (SSSR count). The molecule has 2 heterocycles. The zero-order valence-electron chi connectivity index (χ0n) is 12.8. The first kappa shape index (κ1) is 16.9. The summed E-state index contributed by atoms with van der Waals surface area (Å²) in [5, 5.41) is 4.15. The van der Waals surface area contributed by atoms with Gasteiger partial charge in [-0.15, -0.1) is 0 Å². The summed E-state index contributed by atoms with van der Waals surface area (Å²) in [6.07, 6.45) is 3.20. The van der Waals surface area contributed by atoms with E-state index in [9.17, 15) is 17.6 Å². The second kappa shape index (κ2) is 6.18. The molecule has 9 heteroatoms. The van der Waals surface area contributed by atoms with Crippen LogP contribution in [0.3, 0.4) is 0 Å². The average Bonchev–Trinajstić information content (AvgIpc) is 2.91. The molecule has 2 aromatic rings. The molecular weight excluding hydrogens is 357 g/mol. The van der Waals surface area contributed by atoms with Crippen LogP contribution in [0.1, 0.15) is 22.0 Å². The first-order valence-electron chi connectivity index (χ1n) is 7.21. The number of aromatic nitrogens is 2. The van der Waals surface area contributed by atoms with E-state index < -0.39 is 27.6 Å². The fourth-order valence-electron chi connectivity index (χ4n) is 2.78. The Morgan fingerprint density at radius 2 is 2.12 bits per heavy atom. The number of hydrogen-bond donors (Lipinski definition) is 0. The number of benzene rings is 1. The van der Waals surface area contributed by atoms with Crippen LogP contribution in [0, 0.1) is 5.82 Å². The quantitative estimate of drug-likeness (QED) is 0.807. The number of carbonyl (C=O) groups excluding carboxylic acids is 1. The number of sulfone groups is 1. The smallest absolute Gasteiger partial charge is 0.254 e. The Balaban J connectivity index is 1.98. The van der Waals surface area contributed by atoms with Crippen molar-refractivity contribution < 1.29 is 17.6 Å². The molecule has 0 unspecified atom stereocenters. The van der Waals surface area contributed by atoms with Gasteiger partial charge >= 0.3 is 0 Å². The van der Waals surface area contributed by atoms with Gasteiger partial charge in [-0.3, -0.25) is 9.48 Å². The molecule has 0 N–H and O–H groups in total. The van der Waals surface area contributed by atoms with Gasteiger partial charge in [0.15, 0.2) is 9.84 Å². The molecule has 1 aromatic carbocycles. The van der Waals surface area contributed by atoms with Crippen molar-refractivity contribution in [2.75, 3.05) is 18.1 Å². The van der Waals surface area contributed by atoms with Crippen LogP contribution in [-0.2, 0) is 16.9 Å². The highest BCUT2D eigenvalue weighted by atomic mass is 35.5. The Morgan fingerprint density at radius 3 is 2.75 bits per heavy atom. The Labute approximate surface area is 143 Å². The molecule has 0 bridgehead atoms. The minimum atomic E-state index is -3.27. The van der Waals surface area contributed by atoms with Crippen molar-refractivity contribution in [3.63, 3.8) is 0 Å². The summed E-state index contributed by atoms with van der Waals surface area (Å²) in [5.74, 6) is -1.39. The third kappa shape index (κ3) is 3.44. The van der Waals surface area contributed by atoms with E-state index in [0.29, 0.717) is 5.56 Å². The normalized spacial score (nSPS) is 20.1. The summed E-state index contributed by atoms with van der Waals surface area (Å²) in [6, 6.07) is 2.91. The minimum Gasteiger partial charge on any atom is -0.329 e. The van der Waals surface area contributed by atoms with Gasteiger partial charge < -0.3 is 4.90 Å². The number of halogens is 2. The van der Waals surface area contributed by atoms with E-state index >= 15 is 0 Å². The van der Waals surface area contributed by atoms with Gasteiger partial charge in [-0.25, -0.2) is 12.8 Å². The summed E-state index contributed by atoms with van der Waals surface area (Å²) in [5.41, 5.74) is 0.713. The highest BCUT2D eigenvalue weighted by molar-refractivity contribution is 7.91. The summed E-state index contributed by atoms with van der Waals surface area (Å²) in [6.45, 7) is 0.0366. The largest absolute Gasteiger partial charge is 0.329 e. The van der Waals surface area contributed by atoms with Gasteiger partial charge in [0.05, 0.1) is 23.7 Å². The van der Waals surface area contributed by atoms with E-state index in [1.165, 1.54) is 21.8 Å². The van der Waals surface area contributed by atoms with E-state index in [2.05, 4.69) is 5.10 Å². The van der Waals surface area contributed by atoms with E-state index in [-0.39, 0.29) is 28.6 Å². The van der Waals surface area contributed by atoms with Gasteiger partial charge in [0, 0.05) is 35.9 Å². The molecule has 1 atom stereocenters. The van der Waals surface area contributed by atoms with Crippen LogP contribution in [0.25, 0.3) is 0 Å². The van der Waals surface area contributed by atoms with Crippen molar-refractivity contribution in [3.05, 3.63) is 52.6 Å². The lowest BCUT2D eigenvalue weighted by Crippen LogP contribution is -2.46. The Kier molecular flexibility index (Phi) is 4.35. The highest BCUT2D eigenvalue weighted by Gasteiger charge is 2.36. The molecule has 0 spiro atoms. The van der Waals surface area contributed by atoms with Crippen LogP contribution >= 0.6 is 11.6 Å². The standard InChI is InChI=1S/C15H15ClFN3O3S/c1-19-8-11(7-18-19)14-9-24(22,23)3-2-20(14)15(21)10-4-12(16)6-13(17)5-10/h4-8,14H,2-3,9H2,1H3/t14-/m0/s1. The van der Waals surface area contributed by atoms with E-state index in [1.54, 1.807) is 13.2 Å². The molecule has 1 fully saturated rings. The molecule has 128 valence electrons. The molecule has 0 radical (unpaired) electrons. The molecule has 1 aliphatic rings. The molecule has 1 aliphatic heterocycles. The number of carbonyl (C=O) groups is 1. The number of amides is 1. The topological polar surface area (TPSA) is 72.3 Å². The van der Waals surface area contributed by atoms with Crippen LogP contribution in [0.15, 0.2) is 30.6 Å². The zero-order valence-corrected chi connectivity index (χ0v) is 14.4. The predicted molar refractivity (Wildman–Crippen MR) is 87.0 cm³/mol.